The summed E-state index contributed by atoms with van der Waals surface area (Å²) in [5.74, 6) is 1.62. The summed E-state index contributed by atoms with van der Waals surface area (Å²) in [5, 5.41) is 4.74. The summed E-state index contributed by atoms with van der Waals surface area (Å²) in [5.41, 5.74) is 0. The number of rotatable bonds is 6. The molecule has 3 nitrogen and oxygen atoms in total. The minimum absolute atomic E-state index is 0.426. The first-order valence-electron chi connectivity index (χ1n) is 7.55. The molecule has 0 aromatic carbocycles. The molecule has 2 rings (SSSR count). The van der Waals surface area contributed by atoms with E-state index in [4.69, 9.17) is 0 Å². The van der Waals surface area contributed by atoms with E-state index in [1.54, 1.807) is 0 Å². The van der Waals surface area contributed by atoms with E-state index < -0.39 is 0 Å². The third-order valence-electron chi connectivity index (χ3n) is 4.08. The second-order valence-electron chi connectivity index (χ2n) is 5.96. The van der Waals surface area contributed by atoms with Gasteiger partial charge in [-0.25, -0.2) is 4.98 Å². The predicted octanol–water partition coefficient (Wildman–Crippen LogP) is 3.69. The van der Waals surface area contributed by atoms with Crippen LogP contribution >= 0.6 is 11.3 Å². The molecular formula is C15H27N3S. The first-order chi connectivity index (χ1) is 9.11. The van der Waals surface area contributed by atoms with E-state index >= 15 is 0 Å². The molecule has 2 unspecified atom stereocenters. The predicted molar refractivity (Wildman–Crippen MR) is 84.0 cm³/mol. The lowest BCUT2D eigenvalue weighted by Gasteiger charge is -2.17. The van der Waals surface area contributed by atoms with Crippen molar-refractivity contribution in [2.24, 2.45) is 11.8 Å². The van der Waals surface area contributed by atoms with Crippen LogP contribution < -0.4 is 10.2 Å². The largest absolute Gasteiger partial charge is 0.348 e. The van der Waals surface area contributed by atoms with Crippen molar-refractivity contribution in [2.45, 2.75) is 46.6 Å². The molecule has 0 radical (unpaired) electrons. The van der Waals surface area contributed by atoms with Gasteiger partial charge in [-0.05, 0) is 38.1 Å². The van der Waals surface area contributed by atoms with E-state index in [0.29, 0.717) is 6.04 Å². The van der Waals surface area contributed by atoms with Crippen LogP contribution in [0.1, 0.15) is 51.5 Å². The topological polar surface area (TPSA) is 28.2 Å². The average Bonchev–Trinajstić information content (AvgIpc) is 3.03. The van der Waals surface area contributed by atoms with Crippen LogP contribution in [0.25, 0.3) is 0 Å². The highest BCUT2D eigenvalue weighted by Crippen LogP contribution is 2.32. The minimum atomic E-state index is 0.426. The van der Waals surface area contributed by atoms with Gasteiger partial charge in [-0.15, -0.1) is 11.3 Å². The Morgan fingerprint density at radius 1 is 1.47 bits per heavy atom. The molecule has 19 heavy (non-hydrogen) atoms. The summed E-state index contributed by atoms with van der Waals surface area (Å²) in [6.07, 6.45) is 4.55. The summed E-state index contributed by atoms with van der Waals surface area (Å²) in [6.45, 7) is 12.5. The van der Waals surface area contributed by atoms with Gasteiger partial charge < -0.3 is 10.2 Å². The number of hydrogen-bond donors (Lipinski definition) is 1. The van der Waals surface area contributed by atoms with Crippen LogP contribution in [0.4, 0.5) is 5.13 Å². The van der Waals surface area contributed by atoms with Crippen molar-refractivity contribution in [3.05, 3.63) is 11.1 Å². The van der Waals surface area contributed by atoms with Crippen molar-refractivity contribution in [1.29, 1.82) is 0 Å². The maximum absolute atomic E-state index is 4.63. The number of aromatic nitrogens is 1. The molecule has 1 aliphatic rings. The Labute approximate surface area is 121 Å². The van der Waals surface area contributed by atoms with Gasteiger partial charge in [0.1, 0.15) is 0 Å². The second-order valence-corrected chi connectivity index (χ2v) is 7.00. The first-order valence-corrected chi connectivity index (χ1v) is 8.37. The Balaban J connectivity index is 1.94. The summed E-state index contributed by atoms with van der Waals surface area (Å²) < 4.78 is 0. The van der Waals surface area contributed by atoms with Gasteiger partial charge in [0.25, 0.3) is 0 Å². The zero-order valence-corrected chi connectivity index (χ0v) is 13.5. The van der Waals surface area contributed by atoms with Crippen molar-refractivity contribution in [1.82, 2.24) is 10.3 Å². The highest BCUT2D eigenvalue weighted by atomic mass is 32.1. The first kappa shape index (κ1) is 14.8. The molecule has 4 heteroatoms. The lowest BCUT2D eigenvalue weighted by Crippen LogP contribution is -2.20. The van der Waals surface area contributed by atoms with E-state index in [1.807, 2.05) is 11.3 Å². The molecule has 2 heterocycles. The van der Waals surface area contributed by atoms with Crippen LogP contribution in [0.5, 0.6) is 0 Å². The quantitative estimate of drug-likeness (QED) is 0.862. The monoisotopic (exact) mass is 281 g/mol. The van der Waals surface area contributed by atoms with Crippen LogP contribution in [0.2, 0.25) is 0 Å². The zero-order chi connectivity index (χ0) is 13.8. The molecule has 108 valence electrons. The minimum Gasteiger partial charge on any atom is -0.348 e. The van der Waals surface area contributed by atoms with E-state index in [0.717, 1.165) is 18.4 Å². The molecule has 1 aromatic heterocycles. The van der Waals surface area contributed by atoms with Crippen LogP contribution in [0.3, 0.4) is 0 Å². The molecule has 0 amide bonds. The van der Waals surface area contributed by atoms with Gasteiger partial charge in [-0.2, -0.15) is 0 Å². The van der Waals surface area contributed by atoms with Gasteiger partial charge in [-0.1, -0.05) is 20.8 Å². The number of thiazole rings is 1. The van der Waals surface area contributed by atoms with Gasteiger partial charge >= 0.3 is 0 Å². The molecule has 0 saturated carbocycles. The third kappa shape index (κ3) is 3.69. The van der Waals surface area contributed by atoms with E-state index in [9.17, 15) is 0 Å². The molecule has 0 aliphatic carbocycles. The number of hydrogen-bond acceptors (Lipinski definition) is 4. The van der Waals surface area contributed by atoms with Gasteiger partial charge in [0, 0.05) is 30.2 Å². The van der Waals surface area contributed by atoms with E-state index in [1.165, 1.54) is 35.9 Å². The highest BCUT2D eigenvalue weighted by Gasteiger charge is 2.26. The molecule has 1 saturated heterocycles. The number of nitrogens with zero attached hydrogens (tertiary/aromatic N) is 2. The fraction of sp³-hybridized carbons (Fsp3) is 0.800. The normalized spacial score (nSPS) is 21.3. The average molecular weight is 281 g/mol. The fourth-order valence-electron chi connectivity index (χ4n) is 2.59. The Morgan fingerprint density at radius 2 is 2.26 bits per heavy atom. The fourth-order valence-corrected chi connectivity index (χ4v) is 3.57. The molecule has 0 spiro atoms. The molecule has 2 atom stereocenters. The van der Waals surface area contributed by atoms with Crippen LogP contribution in [0.15, 0.2) is 6.20 Å². The lowest BCUT2D eigenvalue weighted by atomic mass is 9.95. The molecular weight excluding hydrogens is 254 g/mol. The number of anilines is 1. The molecule has 0 bridgehead atoms. The standard InChI is InChI=1S/C15H27N3S/c1-5-7-16-12(4)14-9-17-15(19-14)18-8-6-13(10-18)11(2)3/h9,11-13,16H,5-8,10H2,1-4H3. The highest BCUT2D eigenvalue weighted by molar-refractivity contribution is 7.15. The Morgan fingerprint density at radius 3 is 2.89 bits per heavy atom. The van der Waals surface area contributed by atoms with Crippen LogP contribution in [0, 0.1) is 11.8 Å². The summed E-state index contributed by atoms with van der Waals surface area (Å²) in [7, 11) is 0. The van der Waals surface area contributed by atoms with Crippen LogP contribution in [-0.4, -0.2) is 24.6 Å². The van der Waals surface area contributed by atoms with Crippen LogP contribution in [-0.2, 0) is 0 Å². The molecule has 1 fully saturated rings. The zero-order valence-electron chi connectivity index (χ0n) is 12.6. The van der Waals surface area contributed by atoms with Crippen molar-refractivity contribution >= 4 is 16.5 Å². The maximum atomic E-state index is 4.63. The maximum Gasteiger partial charge on any atom is 0.185 e. The van der Waals surface area contributed by atoms with Crippen molar-refractivity contribution in [3.63, 3.8) is 0 Å². The second kappa shape index (κ2) is 6.71. The van der Waals surface area contributed by atoms with E-state index in [-0.39, 0.29) is 0 Å². The van der Waals surface area contributed by atoms with Crippen molar-refractivity contribution < 1.29 is 0 Å². The molecule has 1 aliphatic heterocycles. The summed E-state index contributed by atoms with van der Waals surface area (Å²) in [4.78, 5) is 8.45. The Hall–Kier alpha value is -0.610. The smallest absolute Gasteiger partial charge is 0.185 e. The summed E-state index contributed by atoms with van der Waals surface area (Å²) in [6, 6.07) is 0.426. The van der Waals surface area contributed by atoms with Gasteiger partial charge in [-0.3, -0.25) is 0 Å². The lowest BCUT2D eigenvalue weighted by molar-refractivity contribution is 0.423. The van der Waals surface area contributed by atoms with Gasteiger partial charge in [0.05, 0.1) is 0 Å². The van der Waals surface area contributed by atoms with Gasteiger partial charge in [0.2, 0.25) is 0 Å². The summed E-state index contributed by atoms with van der Waals surface area (Å²) >= 11 is 1.85. The SMILES string of the molecule is CCCNC(C)c1cnc(N2CCC(C(C)C)C2)s1. The molecule has 1 aromatic rings. The Bertz CT molecular complexity index is 388. The Kier molecular flexibility index (Phi) is 5.22. The van der Waals surface area contributed by atoms with Crippen molar-refractivity contribution in [2.75, 3.05) is 24.5 Å². The number of nitrogens with one attached hydrogen (secondary N) is 1. The van der Waals surface area contributed by atoms with E-state index in [2.05, 4.69) is 49.1 Å². The van der Waals surface area contributed by atoms with Gasteiger partial charge in [0.15, 0.2) is 5.13 Å². The van der Waals surface area contributed by atoms with Crippen molar-refractivity contribution in [3.8, 4) is 0 Å². The third-order valence-corrected chi connectivity index (χ3v) is 5.32. The molecule has 1 N–H and O–H groups in total.